The van der Waals surface area contributed by atoms with Gasteiger partial charge in [-0.3, -0.25) is 25.0 Å². The first-order chi connectivity index (χ1) is 11.3. The van der Waals surface area contributed by atoms with Gasteiger partial charge < -0.3 is 14.8 Å². The van der Waals surface area contributed by atoms with Gasteiger partial charge in [-0.2, -0.15) is 4.98 Å². The van der Waals surface area contributed by atoms with Gasteiger partial charge in [0.15, 0.2) is 0 Å². The van der Waals surface area contributed by atoms with E-state index < -0.39 is 27.0 Å². The van der Waals surface area contributed by atoms with Crippen LogP contribution in [0.3, 0.4) is 0 Å². The number of rotatable bonds is 5. The molecule has 0 bridgehead atoms. The summed E-state index contributed by atoms with van der Waals surface area (Å²) in [5, 5.41) is 30.8. The number of hydrogen-bond acceptors (Lipinski definition) is 8. The van der Waals surface area contributed by atoms with E-state index in [2.05, 4.69) is 9.97 Å². The number of benzene rings is 1. The molecule has 0 fully saturated rings. The smallest absolute Gasteiger partial charge is 0.395 e. The summed E-state index contributed by atoms with van der Waals surface area (Å²) < 4.78 is 5.06. The first-order valence-electron chi connectivity index (χ1n) is 6.31. The van der Waals surface area contributed by atoms with Crippen molar-refractivity contribution in [3.8, 4) is 11.6 Å². The number of H-pyrrole nitrogens is 1. The first kappa shape index (κ1) is 16.6. The van der Waals surface area contributed by atoms with E-state index in [1.165, 1.54) is 37.5 Å². The van der Waals surface area contributed by atoms with Crippen molar-refractivity contribution in [2.75, 3.05) is 7.11 Å². The van der Waals surface area contributed by atoms with Crippen molar-refractivity contribution in [2.24, 2.45) is 0 Å². The highest BCUT2D eigenvalue weighted by atomic mass is 16.6. The van der Waals surface area contributed by atoms with Gasteiger partial charge in [0.25, 0.3) is 11.6 Å². The highest BCUT2D eigenvalue weighted by Gasteiger charge is 2.21. The molecule has 0 amide bonds. The molecule has 124 valence electrons. The molecule has 0 aliphatic heterocycles. The van der Waals surface area contributed by atoms with Crippen LogP contribution in [0.2, 0.25) is 0 Å². The molecule has 2 aromatic rings. The maximum atomic E-state index is 11.5. The summed E-state index contributed by atoms with van der Waals surface area (Å²) in [6.45, 7) is 0. The summed E-state index contributed by atoms with van der Waals surface area (Å²) in [4.78, 5) is 36.9. The molecule has 0 aliphatic rings. The molecule has 0 aliphatic carbocycles. The van der Waals surface area contributed by atoms with Crippen LogP contribution in [-0.2, 0) is 0 Å². The fraction of sp³-hybridized carbons (Fsp3) is 0.0769. The van der Waals surface area contributed by atoms with E-state index in [0.717, 1.165) is 0 Å². The molecular formula is C13H10N4O7. The van der Waals surface area contributed by atoms with Crippen LogP contribution in [0.5, 0.6) is 11.6 Å². The second-order valence-corrected chi connectivity index (χ2v) is 4.40. The number of nitrogens with one attached hydrogen (secondary N) is 1. The largest absolute Gasteiger partial charge is 0.496 e. The van der Waals surface area contributed by atoms with Gasteiger partial charge in [0.2, 0.25) is 0 Å². The lowest BCUT2D eigenvalue weighted by atomic mass is 10.1. The van der Waals surface area contributed by atoms with Crippen LogP contribution in [0.25, 0.3) is 12.2 Å². The molecule has 1 heterocycles. The van der Waals surface area contributed by atoms with Crippen LogP contribution in [0.15, 0.2) is 23.0 Å². The van der Waals surface area contributed by atoms with E-state index in [1.54, 1.807) is 0 Å². The Labute approximate surface area is 133 Å². The monoisotopic (exact) mass is 334 g/mol. The molecule has 11 heteroatoms. The maximum Gasteiger partial charge on any atom is 0.395 e. The Balaban J connectivity index is 2.45. The average Bonchev–Trinajstić information content (AvgIpc) is 2.51. The van der Waals surface area contributed by atoms with Crippen molar-refractivity contribution in [2.45, 2.75) is 0 Å². The minimum atomic E-state index is -1.13. The molecule has 2 rings (SSSR count). The Morgan fingerprint density at radius 2 is 1.96 bits per heavy atom. The normalized spacial score (nSPS) is 10.7. The van der Waals surface area contributed by atoms with Gasteiger partial charge in [-0.15, -0.1) is 0 Å². The van der Waals surface area contributed by atoms with E-state index >= 15 is 0 Å². The standard InChI is InChI=1S/C13H10N4O7/c1-24-9-4-3-8(16(20)21)6-7(9)2-5-10-14-12(18)11(17(22)23)13(19)15-10/h2-6H,1H3,(H2,14,15,18,19)/b5-2-. The second kappa shape index (κ2) is 6.56. The zero-order chi connectivity index (χ0) is 17.9. The number of nitro groups is 2. The number of ether oxygens (including phenoxy) is 1. The molecule has 0 atom stereocenters. The fourth-order valence-electron chi connectivity index (χ4n) is 1.85. The summed E-state index contributed by atoms with van der Waals surface area (Å²) in [6, 6.07) is 3.88. The molecule has 0 saturated carbocycles. The fourth-order valence-corrected chi connectivity index (χ4v) is 1.85. The van der Waals surface area contributed by atoms with Crippen molar-refractivity contribution in [1.82, 2.24) is 9.97 Å². The number of aromatic hydroxyl groups is 1. The third-order valence-corrected chi connectivity index (χ3v) is 2.92. The molecule has 0 saturated heterocycles. The number of methoxy groups -OCH3 is 1. The SMILES string of the molecule is COc1ccc([N+](=O)[O-])cc1/C=C\c1nc(O)c([N+](=O)[O-])c(=O)[nH]1. The Hall–Kier alpha value is -3.76. The van der Waals surface area contributed by atoms with Crippen LogP contribution in [0, 0.1) is 20.2 Å². The van der Waals surface area contributed by atoms with Crippen molar-refractivity contribution >= 4 is 23.5 Å². The van der Waals surface area contributed by atoms with Gasteiger partial charge in [-0.25, -0.2) is 0 Å². The summed E-state index contributed by atoms with van der Waals surface area (Å²) >= 11 is 0. The predicted molar refractivity (Wildman–Crippen MR) is 81.8 cm³/mol. The maximum absolute atomic E-state index is 11.5. The Bertz CT molecular complexity index is 904. The van der Waals surface area contributed by atoms with Crippen molar-refractivity contribution in [3.05, 3.63) is 60.2 Å². The summed E-state index contributed by atoms with van der Waals surface area (Å²) in [5.41, 5.74) is -2.06. The van der Waals surface area contributed by atoms with Crippen LogP contribution in [-0.4, -0.2) is 32.0 Å². The number of nitrogens with zero attached hydrogens (tertiary/aromatic N) is 3. The number of aromatic amines is 1. The van der Waals surface area contributed by atoms with Crippen molar-refractivity contribution in [3.63, 3.8) is 0 Å². The molecule has 11 nitrogen and oxygen atoms in total. The van der Waals surface area contributed by atoms with Gasteiger partial charge >= 0.3 is 11.2 Å². The molecule has 1 aromatic carbocycles. The molecule has 0 spiro atoms. The molecule has 0 unspecified atom stereocenters. The van der Waals surface area contributed by atoms with Crippen LogP contribution in [0.1, 0.15) is 11.4 Å². The lowest BCUT2D eigenvalue weighted by Crippen LogP contribution is -2.14. The Morgan fingerprint density at radius 3 is 2.50 bits per heavy atom. The molecule has 24 heavy (non-hydrogen) atoms. The first-order valence-corrected chi connectivity index (χ1v) is 6.31. The predicted octanol–water partition coefficient (Wildman–Crippen LogP) is 1.47. The van der Waals surface area contributed by atoms with Gasteiger partial charge in [-0.1, -0.05) is 0 Å². The molecular weight excluding hydrogens is 324 g/mol. The average molecular weight is 334 g/mol. The topological polar surface area (TPSA) is 161 Å². The number of non-ortho nitro benzene ring substituents is 1. The number of hydrogen-bond donors (Lipinski definition) is 2. The quantitative estimate of drug-likeness (QED) is 0.613. The third-order valence-electron chi connectivity index (χ3n) is 2.92. The molecule has 2 N–H and O–H groups in total. The lowest BCUT2D eigenvalue weighted by Gasteiger charge is -2.04. The highest BCUT2D eigenvalue weighted by Crippen LogP contribution is 2.26. The second-order valence-electron chi connectivity index (χ2n) is 4.40. The van der Waals surface area contributed by atoms with Crippen LogP contribution < -0.4 is 10.3 Å². The van der Waals surface area contributed by atoms with Gasteiger partial charge in [0.05, 0.1) is 17.0 Å². The summed E-state index contributed by atoms with van der Waals surface area (Å²) in [6.07, 6.45) is 2.56. The zero-order valence-corrected chi connectivity index (χ0v) is 12.1. The van der Waals surface area contributed by atoms with Gasteiger partial charge in [0.1, 0.15) is 11.6 Å². The highest BCUT2D eigenvalue weighted by molar-refractivity contribution is 5.72. The van der Waals surface area contributed by atoms with Crippen LogP contribution >= 0.6 is 0 Å². The Kier molecular flexibility index (Phi) is 4.54. The van der Waals surface area contributed by atoms with Crippen molar-refractivity contribution < 1.29 is 19.7 Å². The molecule has 0 radical (unpaired) electrons. The minimum Gasteiger partial charge on any atom is -0.496 e. The van der Waals surface area contributed by atoms with E-state index in [-0.39, 0.29) is 11.5 Å². The van der Waals surface area contributed by atoms with E-state index in [0.29, 0.717) is 11.3 Å². The van der Waals surface area contributed by atoms with Gasteiger partial charge in [-0.05, 0) is 18.2 Å². The van der Waals surface area contributed by atoms with Crippen molar-refractivity contribution in [1.29, 1.82) is 0 Å². The summed E-state index contributed by atoms with van der Waals surface area (Å²) in [7, 11) is 1.37. The van der Waals surface area contributed by atoms with E-state index in [1.807, 2.05) is 0 Å². The number of nitro benzene ring substituents is 1. The summed E-state index contributed by atoms with van der Waals surface area (Å²) in [5.74, 6) is -0.878. The van der Waals surface area contributed by atoms with Crippen LogP contribution in [0.4, 0.5) is 11.4 Å². The minimum absolute atomic E-state index is 0.170. The third kappa shape index (κ3) is 3.35. The zero-order valence-electron chi connectivity index (χ0n) is 12.1. The Morgan fingerprint density at radius 1 is 1.25 bits per heavy atom. The molecule has 1 aromatic heterocycles. The van der Waals surface area contributed by atoms with E-state index in [4.69, 9.17) is 4.74 Å². The lowest BCUT2D eigenvalue weighted by molar-refractivity contribution is -0.387. The number of aromatic nitrogens is 2. The van der Waals surface area contributed by atoms with Gasteiger partial charge in [0, 0.05) is 17.7 Å². The van der Waals surface area contributed by atoms with E-state index in [9.17, 15) is 30.1 Å².